The second-order valence-electron chi connectivity index (χ2n) is 23.3. The van der Waals surface area contributed by atoms with Gasteiger partial charge in [0, 0.05) is 61.0 Å². The maximum absolute atomic E-state index is 7.30. The van der Waals surface area contributed by atoms with Crippen LogP contribution in [-0.4, -0.2) is 6.85 Å². The van der Waals surface area contributed by atoms with Gasteiger partial charge in [0.1, 0.15) is 16.9 Å². The number of hydrogen-bond acceptors (Lipinski definition) is 4. The van der Waals surface area contributed by atoms with Crippen LogP contribution < -0.4 is 20.6 Å². The van der Waals surface area contributed by atoms with Crippen LogP contribution in [0.25, 0.3) is 77.6 Å². The number of aryl methyl sites for hydroxylation is 1. The van der Waals surface area contributed by atoms with Gasteiger partial charge in [0.2, 0.25) is 0 Å². The Hall–Kier alpha value is -8.02. The molecule has 5 heteroatoms. The molecule has 0 unspecified atom stereocenters. The van der Waals surface area contributed by atoms with Crippen molar-refractivity contribution in [2.75, 3.05) is 9.71 Å². The second kappa shape index (κ2) is 15.3. The molecule has 0 bridgehead atoms. The van der Waals surface area contributed by atoms with Crippen LogP contribution in [0, 0.1) is 6.92 Å². The first-order chi connectivity index (χ1) is 35.1. The summed E-state index contributed by atoms with van der Waals surface area (Å²) in [5, 5.41) is 3.28. The summed E-state index contributed by atoms with van der Waals surface area (Å²) in [6.07, 6.45) is 0. The van der Waals surface area contributed by atoms with Gasteiger partial charge in [-0.05, 0) is 133 Å². The smallest absolute Gasteiger partial charge is 0.333 e. The average molecular weight is 945 g/mol. The molecule has 0 fully saturated rings. The van der Waals surface area contributed by atoms with Gasteiger partial charge in [-0.3, -0.25) is 0 Å². The summed E-state index contributed by atoms with van der Waals surface area (Å²) < 4.78 is 14.6. The normalized spacial score (nSPS) is 14.4. The number of hydrogen-bond donors (Lipinski definition) is 0. The zero-order chi connectivity index (χ0) is 49.9. The Morgan fingerprint density at radius 1 is 0.479 bits per heavy atom. The van der Waals surface area contributed by atoms with Gasteiger partial charge in [0.25, 0.3) is 0 Å². The van der Waals surface area contributed by atoms with Crippen LogP contribution >= 0.6 is 0 Å². The number of fused-ring (bicyclic) bond motifs is 12. The molecule has 2 aliphatic heterocycles. The van der Waals surface area contributed by atoms with Crippen LogP contribution in [0.4, 0.5) is 28.4 Å². The third kappa shape index (κ3) is 6.34. The van der Waals surface area contributed by atoms with Gasteiger partial charge in [0.05, 0.1) is 5.69 Å². The fraction of sp³-hybridized carbons (Fsp3) is 0.176. The number of anilines is 5. The SMILES string of the molecule is Cc1cc(C(C)(C)C)ccc1N1c2cc3c(-c4ccccc4)c(-c4ccccc4)oc3cc2B2c3c(cc4c(oc5ccccc54)c31)-c1cc3c(cc1N2c1ccc(C(C)(C)C)cc1)C(C)(C)c1ccccc1-3. The van der Waals surface area contributed by atoms with E-state index in [2.05, 4.69) is 254 Å². The fourth-order valence-corrected chi connectivity index (χ4v) is 12.7. The molecule has 0 radical (unpaired) electrons. The van der Waals surface area contributed by atoms with Gasteiger partial charge in [-0.1, -0.05) is 183 Å². The van der Waals surface area contributed by atoms with Gasteiger partial charge in [-0.2, -0.15) is 0 Å². The Morgan fingerprint density at radius 3 is 1.88 bits per heavy atom. The summed E-state index contributed by atoms with van der Waals surface area (Å²) in [7, 11) is 0. The van der Waals surface area contributed by atoms with Crippen molar-refractivity contribution in [2.45, 2.75) is 78.6 Å². The highest BCUT2D eigenvalue weighted by molar-refractivity contribution is 6.94. The van der Waals surface area contributed by atoms with Gasteiger partial charge in [0.15, 0.2) is 5.58 Å². The minimum atomic E-state index is -0.282. The van der Waals surface area contributed by atoms with Crippen molar-refractivity contribution in [3.63, 3.8) is 0 Å². The molecule has 4 heterocycles. The molecule has 354 valence electrons. The quantitative estimate of drug-likeness (QED) is 0.165. The van der Waals surface area contributed by atoms with Crippen LogP contribution in [0.2, 0.25) is 0 Å². The largest absolute Gasteiger partial charge is 0.455 e. The Bertz CT molecular complexity index is 4090. The van der Waals surface area contributed by atoms with E-state index in [-0.39, 0.29) is 23.1 Å². The molecule has 4 nitrogen and oxygen atoms in total. The molecule has 0 saturated carbocycles. The van der Waals surface area contributed by atoms with Crippen molar-refractivity contribution in [3.8, 4) is 44.7 Å². The standard InChI is InChI=1S/C68H57BN2O2/c1-40-34-44(67(5,6)7)30-33-56(40)70-58-37-52-60(73-64(42-22-14-11-15-23-42)61(52)41-20-12-10-13-21-41)39-55(58)69-62-50(36-51-47-25-17-19-27-59(47)72-65(51)63(62)70)49-35-48-46-24-16-18-26-53(46)68(8,9)54(48)38-57(49)71(69)45-31-28-43(29-32-45)66(2,3)4/h10-39H,1-9H3. The topological polar surface area (TPSA) is 32.8 Å². The van der Waals surface area contributed by atoms with Gasteiger partial charge in [-0.15, -0.1) is 0 Å². The van der Waals surface area contributed by atoms with E-state index < -0.39 is 0 Å². The van der Waals surface area contributed by atoms with E-state index >= 15 is 0 Å². The van der Waals surface area contributed by atoms with E-state index in [4.69, 9.17) is 8.83 Å². The maximum Gasteiger partial charge on any atom is 0.333 e. The van der Waals surface area contributed by atoms with E-state index in [0.717, 1.165) is 83.6 Å². The number of nitrogens with zero attached hydrogens (tertiary/aromatic N) is 2. The minimum absolute atomic E-state index is 0.0161. The van der Waals surface area contributed by atoms with Crippen molar-refractivity contribution >= 4 is 79.1 Å². The van der Waals surface area contributed by atoms with E-state index in [1.54, 1.807) is 0 Å². The molecule has 14 rings (SSSR count). The Morgan fingerprint density at radius 2 is 1.15 bits per heavy atom. The first-order valence-corrected chi connectivity index (χ1v) is 25.9. The molecule has 1 aliphatic carbocycles. The molecular formula is C68H57BN2O2. The molecular weight excluding hydrogens is 888 g/mol. The molecule has 9 aromatic carbocycles. The monoisotopic (exact) mass is 944 g/mol. The van der Waals surface area contributed by atoms with E-state index in [1.807, 2.05) is 0 Å². The predicted molar refractivity (Wildman–Crippen MR) is 308 cm³/mol. The highest BCUT2D eigenvalue weighted by Gasteiger charge is 2.49. The lowest BCUT2D eigenvalue weighted by Gasteiger charge is -2.46. The second-order valence-corrected chi connectivity index (χ2v) is 23.3. The molecule has 73 heavy (non-hydrogen) atoms. The molecule has 0 atom stereocenters. The molecule has 11 aromatic rings. The molecule has 0 amide bonds. The lowest BCUT2D eigenvalue weighted by Crippen LogP contribution is -2.61. The van der Waals surface area contributed by atoms with Crippen LogP contribution in [-0.2, 0) is 16.2 Å². The summed E-state index contributed by atoms with van der Waals surface area (Å²) in [5.41, 5.74) is 25.1. The lowest BCUT2D eigenvalue weighted by atomic mass is 9.43. The third-order valence-electron chi connectivity index (χ3n) is 16.5. The highest BCUT2D eigenvalue weighted by Crippen LogP contribution is 2.57. The summed E-state index contributed by atoms with van der Waals surface area (Å²) >= 11 is 0. The van der Waals surface area contributed by atoms with Crippen LogP contribution in [0.1, 0.15) is 83.2 Å². The molecule has 0 N–H and O–H groups in total. The Labute approximate surface area is 428 Å². The Balaban J connectivity index is 1.17. The van der Waals surface area contributed by atoms with Crippen molar-refractivity contribution in [1.82, 2.24) is 0 Å². The fourth-order valence-electron chi connectivity index (χ4n) is 12.7. The van der Waals surface area contributed by atoms with Crippen LogP contribution in [0.15, 0.2) is 191 Å². The maximum atomic E-state index is 7.30. The summed E-state index contributed by atoms with van der Waals surface area (Å²) in [6.45, 7) is 20.6. The zero-order valence-electron chi connectivity index (χ0n) is 43.1. The van der Waals surface area contributed by atoms with Crippen molar-refractivity contribution in [2.24, 2.45) is 0 Å². The minimum Gasteiger partial charge on any atom is -0.455 e. The predicted octanol–water partition coefficient (Wildman–Crippen LogP) is 17.6. The average Bonchev–Trinajstić information content (AvgIpc) is 4.04. The van der Waals surface area contributed by atoms with E-state index in [1.165, 1.54) is 61.2 Å². The van der Waals surface area contributed by atoms with Crippen LogP contribution in [0.5, 0.6) is 0 Å². The van der Waals surface area contributed by atoms with Gasteiger partial charge in [-0.25, -0.2) is 0 Å². The van der Waals surface area contributed by atoms with Gasteiger partial charge < -0.3 is 18.5 Å². The molecule has 0 spiro atoms. The first kappa shape index (κ1) is 43.7. The first-order valence-electron chi connectivity index (χ1n) is 25.9. The van der Waals surface area contributed by atoms with Crippen molar-refractivity contribution < 1.29 is 8.83 Å². The third-order valence-corrected chi connectivity index (χ3v) is 16.5. The van der Waals surface area contributed by atoms with Gasteiger partial charge >= 0.3 is 6.85 Å². The van der Waals surface area contributed by atoms with E-state index in [9.17, 15) is 0 Å². The van der Waals surface area contributed by atoms with E-state index in [0.29, 0.717) is 0 Å². The molecule has 2 aromatic heterocycles. The van der Waals surface area contributed by atoms with Crippen LogP contribution in [0.3, 0.4) is 0 Å². The number of para-hydroxylation sites is 1. The number of furan rings is 2. The lowest BCUT2D eigenvalue weighted by molar-refractivity contribution is 0.589. The summed E-state index contributed by atoms with van der Waals surface area (Å²) in [6, 6.07) is 67.8. The van der Waals surface area contributed by atoms with Crippen molar-refractivity contribution in [1.29, 1.82) is 0 Å². The molecule has 0 saturated heterocycles. The molecule has 3 aliphatic rings. The number of benzene rings is 9. The number of rotatable bonds is 4. The summed E-state index contributed by atoms with van der Waals surface area (Å²) in [4.78, 5) is 5.20. The highest BCUT2D eigenvalue weighted by atomic mass is 16.3. The van der Waals surface area contributed by atoms with Crippen molar-refractivity contribution in [3.05, 3.63) is 210 Å². The zero-order valence-corrected chi connectivity index (χ0v) is 43.1. The summed E-state index contributed by atoms with van der Waals surface area (Å²) in [5.74, 6) is 0.861. The Kier molecular flexibility index (Phi) is 9.14.